The second-order valence-electron chi connectivity index (χ2n) is 4.72. The second kappa shape index (κ2) is 9.18. The number of methoxy groups -OCH3 is 2. The molecule has 0 aliphatic heterocycles. The molecular formula is C17H24O3. The topological polar surface area (TPSA) is 35.5 Å². The van der Waals surface area contributed by atoms with Crippen LogP contribution >= 0.6 is 0 Å². The van der Waals surface area contributed by atoms with Crippen molar-refractivity contribution >= 4 is 11.9 Å². The maximum absolute atomic E-state index is 11.7. The first-order valence-corrected chi connectivity index (χ1v) is 7.14. The predicted molar refractivity (Wildman–Crippen MR) is 82.3 cm³/mol. The number of ether oxygens (including phenoxy) is 2. The van der Waals surface area contributed by atoms with Crippen LogP contribution in [0.15, 0.2) is 24.3 Å². The van der Waals surface area contributed by atoms with E-state index in [9.17, 15) is 4.79 Å². The molecule has 0 saturated heterocycles. The zero-order valence-corrected chi connectivity index (χ0v) is 12.6. The van der Waals surface area contributed by atoms with Crippen LogP contribution < -0.4 is 9.47 Å². The molecule has 3 nitrogen and oxygen atoms in total. The summed E-state index contributed by atoms with van der Waals surface area (Å²) in [5, 5.41) is 0. The van der Waals surface area contributed by atoms with Gasteiger partial charge in [-0.3, -0.25) is 4.79 Å². The molecule has 110 valence electrons. The number of rotatable bonds is 9. The maximum Gasteiger partial charge on any atom is 0.155 e. The number of benzene rings is 1. The Morgan fingerprint density at radius 2 is 1.95 bits per heavy atom. The van der Waals surface area contributed by atoms with E-state index in [-0.39, 0.29) is 5.78 Å². The Bertz CT molecular complexity index is 450. The average molecular weight is 276 g/mol. The summed E-state index contributed by atoms with van der Waals surface area (Å²) in [5.74, 6) is 1.61. The third-order valence-electron chi connectivity index (χ3n) is 3.17. The molecule has 1 aromatic rings. The number of allylic oxidation sites excluding steroid dienone is 1. The highest BCUT2D eigenvalue weighted by Crippen LogP contribution is 2.25. The summed E-state index contributed by atoms with van der Waals surface area (Å²) in [5.41, 5.74) is 0.884. The summed E-state index contributed by atoms with van der Waals surface area (Å²) in [6, 6.07) is 5.55. The van der Waals surface area contributed by atoms with Crippen LogP contribution in [0.2, 0.25) is 0 Å². The lowest BCUT2D eigenvalue weighted by Crippen LogP contribution is -1.93. The molecule has 3 heteroatoms. The van der Waals surface area contributed by atoms with Gasteiger partial charge in [0, 0.05) is 18.1 Å². The first kappa shape index (κ1) is 16.3. The van der Waals surface area contributed by atoms with Gasteiger partial charge in [-0.15, -0.1) is 0 Å². The summed E-state index contributed by atoms with van der Waals surface area (Å²) in [4.78, 5) is 11.7. The number of carbonyl (C=O) groups excluding carboxylic acids is 1. The molecule has 0 fully saturated rings. The van der Waals surface area contributed by atoms with Gasteiger partial charge in [-0.05, 0) is 30.7 Å². The molecule has 0 aliphatic carbocycles. The van der Waals surface area contributed by atoms with E-state index in [1.54, 1.807) is 26.4 Å². The van der Waals surface area contributed by atoms with E-state index in [0.717, 1.165) is 24.2 Å². The van der Waals surface area contributed by atoms with Gasteiger partial charge in [0.1, 0.15) is 11.5 Å². The van der Waals surface area contributed by atoms with Gasteiger partial charge in [0.25, 0.3) is 0 Å². The van der Waals surface area contributed by atoms with Gasteiger partial charge in [0.05, 0.1) is 14.2 Å². The van der Waals surface area contributed by atoms with E-state index in [1.165, 1.54) is 12.8 Å². The van der Waals surface area contributed by atoms with E-state index in [1.807, 2.05) is 18.2 Å². The van der Waals surface area contributed by atoms with Crippen LogP contribution in [-0.4, -0.2) is 20.0 Å². The Labute approximate surface area is 121 Å². The van der Waals surface area contributed by atoms with E-state index >= 15 is 0 Å². The van der Waals surface area contributed by atoms with Crippen LogP contribution in [0.1, 0.15) is 44.6 Å². The summed E-state index contributed by atoms with van der Waals surface area (Å²) in [7, 11) is 3.22. The molecule has 0 N–H and O–H groups in total. The molecule has 0 aliphatic rings. The van der Waals surface area contributed by atoms with E-state index < -0.39 is 0 Å². The fourth-order valence-corrected chi connectivity index (χ4v) is 1.95. The second-order valence-corrected chi connectivity index (χ2v) is 4.72. The van der Waals surface area contributed by atoms with Crippen LogP contribution in [-0.2, 0) is 4.79 Å². The normalized spacial score (nSPS) is 10.8. The van der Waals surface area contributed by atoms with Crippen LogP contribution in [0.3, 0.4) is 0 Å². The average Bonchev–Trinajstić information content (AvgIpc) is 2.49. The van der Waals surface area contributed by atoms with Crippen LogP contribution in [0.5, 0.6) is 11.5 Å². The lowest BCUT2D eigenvalue weighted by atomic mass is 10.1. The van der Waals surface area contributed by atoms with Crippen molar-refractivity contribution in [3.05, 3.63) is 29.8 Å². The van der Waals surface area contributed by atoms with Crippen LogP contribution in [0, 0.1) is 0 Å². The molecule has 0 spiro atoms. The van der Waals surface area contributed by atoms with Crippen molar-refractivity contribution < 1.29 is 14.3 Å². The highest BCUT2D eigenvalue weighted by Gasteiger charge is 2.03. The van der Waals surface area contributed by atoms with Crippen molar-refractivity contribution in [2.24, 2.45) is 0 Å². The third-order valence-corrected chi connectivity index (χ3v) is 3.17. The van der Waals surface area contributed by atoms with Crippen LogP contribution in [0.25, 0.3) is 6.08 Å². The monoisotopic (exact) mass is 276 g/mol. The van der Waals surface area contributed by atoms with E-state index in [0.29, 0.717) is 12.2 Å². The third kappa shape index (κ3) is 5.47. The Balaban J connectivity index is 2.58. The summed E-state index contributed by atoms with van der Waals surface area (Å²) >= 11 is 0. The molecule has 20 heavy (non-hydrogen) atoms. The predicted octanol–water partition coefficient (Wildman–Crippen LogP) is 4.26. The highest BCUT2D eigenvalue weighted by atomic mass is 16.5. The lowest BCUT2D eigenvalue weighted by Gasteiger charge is -2.07. The minimum atomic E-state index is 0.166. The molecule has 0 bridgehead atoms. The van der Waals surface area contributed by atoms with Gasteiger partial charge >= 0.3 is 0 Å². The number of carbonyl (C=O) groups is 1. The van der Waals surface area contributed by atoms with Crippen molar-refractivity contribution in [3.8, 4) is 11.5 Å². The van der Waals surface area contributed by atoms with Crippen molar-refractivity contribution in [1.82, 2.24) is 0 Å². The van der Waals surface area contributed by atoms with Crippen LogP contribution in [0.4, 0.5) is 0 Å². The van der Waals surface area contributed by atoms with E-state index in [4.69, 9.17) is 9.47 Å². The molecule has 0 aromatic heterocycles. The summed E-state index contributed by atoms with van der Waals surface area (Å²) in [6.45, 7) is 2.16. The number of unbranched alkanes of at least 4 members (excludes halogenated alkanes) is 3. The van der Waals surface area contributed by atoms with Gasteiger partial charge < -0.3 is 9.47 Å². The van der Waals surface area contributed by atoms with Gasteiger partial charge in [-0.1, -0.05) is 26.2 Å². The fraction of sp³-hybridized carbons (Fsp3) is 0.471. The van der Waals surface area contributed by atoms with Crippen molar-refractivity contribution in [2.45, 2.75) is 39.0 Å². The zero-order valence-electron chi connectivity index (χ0n) is 12.6. The van der Waals surface area contributed by atoms with Crippen molar-refractivity contribution in [1.29, 1.82) is 0 Å². The van der Waals surface area contributed by atoms with Crippen molar-refractivity contribution in [3.63, 3.8) is 0 Å². The minimum absolute atomic E-state index is 0.166. The van der Waals surface area contributed by atoms with Gasteiger partial charge in [-0.25, -0.2) is 0 Å². The smallest absolute Gasteiger partial charge is 0.155 e. The Morgan fingerprint density at radius 3 is 2.60 bits per heavy atom. The van der Waals surface area contributed by atoms with Gasteiger partial charge in [-0.2, -0.15) is 0 Å². The number of hydrogen-bond acceptors (Lipinski definition) is 3. The minimum Gasteiger partial charge on any atom is -0.497 e. The first-order valence-electron chi connectivity index (χ1n) is 7.14. The lowest BCUT2D eigenvalue weighted by molar-refractivity contribution is -0.114. The number of ketones is 1. The summed E-state index contributed by atoms with van der Waals surface area (Å²) < 4.78 is 10.4. The first-order chi connectivity index (χ1) is 9.71. The fourth-order valence-electron chi connectivity index (χ4n) is 1.95. The molecule has 0 atom stereocenters. The zero-order chi connectivity index (χ0) is 14.8. The molecule has 1 rings (SSSR count). The Hall–Kier alpha value is -1.77. The van der Waals surface area contributed by atoms with Gasteiger partial charge in [0.15, 0.2) is 5.78 Å². The Morgan fingerprint density at radius 1 is 1.15 bits per heavy atom. The molecule has 0 radical (unpaired) electrons. The largest absolute Gasteiger partial charge is 0.497 e. The quantitative estimate of drug-likeness (QED) is 0.499. The van der Waals surface area contributed by atoms with Gasteiger partial charge in [0.2, 0.25) is 0 Å². The summed E-state index contributed by atoms with van der Waals surface area (Å²) in [6.07, 6.45) is 8.54. The molecular weight excluding hydrogens is 252 g/mol. The standard InChI is InChI=1S/C17H24O3/c1-4-5-6-7-8-15(18)11-9-14-10-12-16(19-2)13-17(14)20-3/h9-13H,4-8H2,1-3H3. The maximum atomic E-state index is 11.7. The molecule has 0 heterocycles. The molecule has 0 unspecified atom stereocenters. The Kier molecular flexibility index (Phi) is 7.48. The molecule has 0 amide bonds. The SMILES string of the molecule is CCCCCCC(=O)C=Cc1ccc(OC)cc1OC. The van der Waals surface area contributed by atoms with E-state index in [2.05, 4.69) is 6.92 Å². The molecule has 0 saturated carbocycles. The molecule has 1 aromatic carbocycles. The number of hydrogen-bond donors (Lipinski definition) is 0. The van der Waals surface area contributed by atoms with Crippen molar-refractivity contribution in [2.75, 3.05) is 14.2 Å². The highest BCUT2D eigenvalue weighted by molar-refractivity contribution is 5.93.